The Morgan fingerprint density at radius 2 is 2.00 bits per heavy atom. The van der Waals surface area contributed by atoms with Gasteiger partial charge >= 0.3 is 8.56 Å². The van der Waals surface area contributed by atoms with Gasteiger partial charge in [0.1, 0.15) is 0 Å². The highest BCUT2D eigenvalue weighted by Crippen LogP contribution is 2.14. The van der Waals surface area contributed by atoms with Crippen molar-refractivity contribution in [3.05, 3.63) is 12.7 Å². The van der Waals surface area contributed by atoms with Crippen LogP contribution < -0.4 is 5.73 Å². The molecule has 2 N–H and O–H groups in total. The molecule has 0 amide bonds. The second-order valence-corrected chi connectivity index (χ2v) is 8.26. The Balaban J connectivity index is 3.99. The summed E-state index contributed by atoms with van der Waals surface area (Å²) >= 11 is 0. The minimum atomic E-state index is -1.91. The third-order valence-electron chi connectivity index (χ3n) is 2.90. The van der Waals surface area contributed by atoms with E-state index in [1.807, 2.05) is 13.0 Å². The van der Waals surface area contributed by atoms with Gasteiger partial charge in [-0.15, -0.1) is 6.58 Å². The maximum absolute atomic E-state index is 5.82. The lowest BCUT2D eigenvalue weighted by atomic mass is 10.3. The first-order valence-corrected chi connectivity index (χ1v) is 8.69. The van der Waals surface area contributed by atoms with Gasteiger partial charge < -0.3 is 14.6 Å². The van der Waals surface area contributed by atoms with Gasteiger partial charge in [-0.1, -0.05) is 6.08 Å². The van der Waals surface area contributed by atoms with Gasteiger partial charge in [-0.05, 0) is 32.5 Å². The van der Waals surface area contributed by atoms with Crippen molar-refractivity contribution >= 4 is 8.56 Å². The summed E-state index contributed by atoms with van der Waals surface area (Å²) in [5.74, 6) is 0. The minimum absolute atomic E-state index is 0.198. The topological polar surface area (TPSA) is 47.7 Å². The fourth-order valence-electron chi connectivity index (χ4n) is 1.76. The van der Waals surface area contributed by atoms with Gasteiger partial charge in [-0.25, -0.2) is 0 Å². The largest absolute Gasteiger partial charge is 0.398 e. The highest BCUT2D eigenvalue weighted by atomic mass is 28.4. The summed E-state index contributed by atoms with van der Waals surface area (Å²) in [5, 5.41) is 0. The van der Waals surface area contributed by atoms with E-state index in [1.165, 1.54) is 0 Å². The summed E-state index contributed by atoms with van der Waals surface area (Å²) in [6.07, 6.45) is 3.00. The van der Waals surface area contributed by atoms with Crippen LogP contribution in [0, 0.1) is 0 Å². The molecular formula is C12H28N2O2Si. The lowest BCUT2D eigenvalue weighted by molar-refractivity contribution is 0.240. The lowest BCUT2D eigenvalue weighted by Crippen LogP contribution is -2.39. The van der Waals surface area contributed by atoms with Crippen molar-refractivity contribution in [3.63, 3.8) is 0 Å². The molecule has 0 fully saturated rings. The second kappa shape index (κ2) is 8.83. The van der Waals surface area contributed by atoms with Crippen LogP contribution in [0.3, 0.4) is 0 Å². The van der Waals surface area contributed by atoms with Crippen molar-refractivity contribution in [1.82, 2.24) is 4.90 Å². The van der Waals surface area contributed by atoms with Crippen molar-refractivity contribution in [3.8, 4) is 0 Å². The van der Waals surface area contributed by atoms with Crippen LogP contribution in [0.25, 0.3) is 0 Å². The van der Waals surface area contributed by atoms with E-state index in [0.29, 0.717) is 0 Å². The number of nitrogens with two attached hydrogens (primary N) is 1. The quantitative estimate of drug-likeness (QED) is 0.478. The van der Waals surface area contributed by atoms with E-state index in [0.717, 1.165) is 32.1 Å². The Bertz CT molecular complexity index is 209. The Morgan fingerprint density at radius 1 is 1.41 bits per heavy atom. The first-order chi connectivity index (χ1) is 7.97. The number of nitrogens with zero attached hydrogens (tertiary/aromatic N) is 1. The molecule has 1 atom stereocenters. The van der Waals surface area contributed by atoms with Crippen LogP contribution in [0.15, 0.2) is 12.7 Å². The third kappa shape index (κ3) is 7.67. The Labute approximate surface area is 107 Å². The second-order valence-electron chi connectivity index (χ2n) is 4.67. The van der Waals surface area contributed by atoms with Crippen LogP contribution in [0.5, 0.6) is 0 Å². The first-order valence-electron chi connectivity index (χ1n) is 6.16. The molecular weight excluding hydrogens is 232 g/mol. The maximum Gasteiger partial charge on any atom is 0.334 e. The molecule has 0 rings (SSSR count). The zero-order chi connectivity index (χ0) is 13.3. The van der Waals surface area contributed by atoms with Gasteiger partial charge in [0.05, 0.1) is 0 Å². The molecule has 0 aliphatic heterocycles. The summed E-state index contributed by atoms with van der Waals surface area (Å²) in [5.41, 5.74) is 5.82. The lowest BCUT2D eigenvalue weighted by Gasteiger charge is -2.26. The van der Waals surface area contributed by atoms with Crippen molar-refractivity contribution < 1.29 is 8.85 Å². The molecule has 0 radical (unpaired) electrons. The van der Waals surface area contributed by atoms with Crippen LogP contribution >= 0.6 is 0 Å². The molecule has 5 heteroatoms. The third-order valence-corrected chi connectivity index (χ3v) is 5.89. The standard InChI is InChI=1S/C12H28N2O2Si/c1-6-8-14(11-12(2)13)9-7-10-17(5,15-3)16-4/h6,12H,1,7-11,13H2,2-5H3. The van der Waals surface area contributed by atoms with Gasteiger partial charge in [-0.3, -0.25) is 4.90 Å². The summed E-state index contributed by atoms with van der Waals surface area (Å²) < 4.78 is 10.9. The van der Waals surface area contributed by atoms with Crippen molar-refractivity contribution in [1.29, 1.82) is 0 Å². The molecule has 0 aromatic rings. The SMILES string of the molecule is C=CCN(CCC[Si](C)(OC)OC)CC(C)N. The zero-order valence-corrected chi connectivity index (χ0v) is 12.7. The maximum atomic E-state index is 5.82. The molecule has 0 heterocycles. The van der Waals surface area contributed by atoms with Gasteiger partial charge in [0, 0.05) is 33.4 Å². The predicted octanol–water partition coefficient (Wildman–Crippen LogP) is 1.58. The Kier molecular flexibility index (Phi) is 8.72. The smallest absolute Gasteiger partial charge is 0.334 e. The van der Waals surface area contributed by atoms with Gasteiger partial charge in [0.25, 0.3) is 0 Å². The Morgan fingerprint density at radius 3 is 2.41 bits per heavy atom. The molecule has 102 valence electrons. The van der Waals surface area contributed by atoms with E-state index < -0.39 is 8.56 Å². The van der Waals surface area contributed by atoms with Crippen LogP contribution in [-0.4, -0.2) is 53.4 Å². The molecule has 0 saturated carbocycles. The molecule has 0 aromatic heterocycles. The fourth-order valence-corrected chi connectivity index (χ4v) is 3.13. The van der Waals surface area contributed by atoms with Gasteiger partial charge in [0.2, 0.25) is 0 Å². The van der Waals surface area contributed by atoms with Crippen LogP contribution in [0.1, 0.15) is 13.3 Å². The predicted molar refractivity (Wildman–Crippen MR) is 75.3 cm³/mol. The van der Waals surface area contributed by atoms with Crippen molar-refractivity contribution in [2.45, 2.75) is 32.0 Å². The van der Waals surface area contributed by atoms with E-state index in [1.54, 1.807) is 14.2 Å². The minimum Gasteiger partial charge on any atom is -0.398 e. The highest BCUT2D eigenvalue weighted by Gasteiger charge is 2.27. The van der Waals surface area contributed by atoms with Gasteiger partial charge in [-0.2, -0.15) is 0 Å². The number of hydrogen-bond acceptors (Lipinski definition) is 4. The fraction of sp³-hybridized carbons (Fsp3) is 0.833. The average molecular weight is 260 g/mol. The summed E-state index contributed by atoms with van der Waals surface area (Å²) in [7, 11) is 1.56. The summed E-state index contributed by atoms with van der Waals surface area (Å²) in [4.78, 5) is 2.32. The normalized spacial score (nSPS) is 14.0. The van der Waals surface area contributed by atoms with E-state index in [-0.39, 0.29) is 6.04 Å². The molecule has 4 nitrogen and oxygen atoms in total. The molecule has 0 aliphatic rings. The average Bonchev–Trinajstić information content (AvgIpc) is 2.28. The molecule has 0 spiro atoms. The molecule has 0 aliphatic carbocycles. The molecule has 0 aromatic carbocycles. The highest BCUT2D eigenvalue weighted by molar-refractivity contribution is 6.65. The van der Waals surface area contributed by atoms with E-state index in [4.69, 9.17) is 14.6 Å². The van der Waals surface area contributed by atoms with Crippen LogP contribution in [0.4, 0.5) is 0 Å². The first kappa shape index (κ1) is 16.8. The van der Waals surface area contributed by atoms with E-state index in [2.05, 4.69) is 18.0 Å². The summed E-state index contributed by atoms with van der Waals surface area (Å²) in [6.45, 7) is 10.7. The summed E-state index contributed by atoms with van der Waals surface area (Å²) in [6, 6.07) is 1.20. The Hall–Kier alpha value is -0.203. The van der Waals surface area contributed by atoms with E-state index in [9.17, 15) is 0 Å². The van der Waals surface area contributed by atoms with Crippen molar-refractivity contribution in [2.75, 3.05) is 33.9 Å². The molecule has 0 saturated heterocycles. The van der Waals surface area contributed by atoms with Crippen molar-refractivity contribution in [2.24, 2.45) is 5.73 Å². The molecule has 0 bridgehead atoms. The van der Waals surface area contributed by atoms with Crippen LogP contribution in [0.2, 0.25) is 12.6 Å². The number of rotatable bonds is 10. The van der Waals surface area contributed by atoms with Crippen LogP contribution in [-0.2, 0) is 8.85 Å². The van der Waals surface area contributed by atoms with E-state index >= 15 is 0 Å². The molecule has 17 heavy (non-hydrogen) atoms. The zero-order valence-electron chi connectivity index (χ0n) is 11.7. The number of hydrogen-bond donors (Lipinski definition) is 1. The molecule has 1 unspecified atom stereocenters. The monoisotopic (exact) mass is 260 g/mol. The van der Waals surface area contributed by atoms with Gasteiger partial charge in [0.15, 0.2) is 0 Å².